The zero-order valence-electron chi connectivity index (χ0n) is 19.1. The Bertz CT molecular complexity index is 1180. The van der Waals surface area contributed by atoms with Gasteiger partial charge in [-0.3, -0.25) is 9.59 Å². The summed E-state index contributed by atoms with van der Waals surface area (Å²) in [5.74, 6) is -0.840. The summed E-state index contributed by atoms with van der Waals surface area (Å²) in [6.45, 7) is 4.40. The van der Waals surface area contributed by atoms with Crippen LogP contribution in [0.5, 0.6) is 0 Å². The minimum atomic E-state index is -0.864. The predicted octanol–water partition coefficient (Wildman–Crippen LogP) is 3.44. The molecule has 7 nitrogen and oxygen atoms in total. The molecule has 0 saturated carbocycles. The molecular weight excluding hydrogens is 418 g/mol. The quantitative estimate of drug-likeness (QED) is 0.518. The molecule has 2 aromatic carbocycles. The lowest BCUT2D eigenvalue weighted by atomic mass is 10.00. The normalized spacial score (nSPS) is 14.9. The van der Waals surface area contributed by atoms with Crippen LogP contribution < -0.4 is 5.32 Å². The van der Waals surface area contributed by atoms with Gasteiger partial charge in [-0.05, 0) is 35.6 Å². The van der Waals surface area contributed by atoms with E-state index in [-0.39, 0.29) is 24.2 Å². The number of para-hydroxylation sites is 1. The molecule has 2 unspecified atom stereocenters. The Hall–Kier alpha value is -3.61. The number of esters is 1. The number of carbonyl (C=O) groups is 3. The number of benzene rings is 2. The van der Waals surface area contributed by atoms with E-state index < -0.39 is 18.1 Å². The Morgan fingerprint density at radius 3 is 2.58 bits per heavy atom. The number of methoxy groups -OCH3 is 1. The molecule has 0 aliphatic carbocycles. The second-order valence-corrected chi connectivity index (χ2v) is 8.88. The van der Waals surface area contributed by atoms with Crippen molar-refractivity contribution in [3.05, 3.63) is 71.4 Å². The highest BCUT2D eigenvalue weighted by atomic mass is 16.5. The second kappa shape index (κ2) is 9.48. The van der Waals surface area contributed by atoms with Crippen molar-refractivity contribution in [1.82, 2.24) is 15.2 Å². The van der Waals surface area contributed by atoms with Gasteiger partial charge in [0, 0.05) is 35.6 Å². The van der Waals surface area contributed by atoms with Gasteiger partial charge in [-0.2, -0.15) is 0 Å². The fraction of sp³-hybridized carbons (Fsp3) is 0.346. The summed E-state index contributed by atoms with van der Waals surface area (Å²) < 4.78 is 4.99. The van der Waals surface area contributed by atoms with Gasteiger partial charge in [0.15, 0.2) is 0 Å². The highest BCUT2D eigenvalue weighted by Gasteiger charge is 2.38. The van der Waals surface area contributed by atoms with Gasteiger partial charge >= 0.3 is 5.97 Å². The van der Waals surface area contributed by atoms with E-state index in [1.165, 1.54) is 7.11 Å². The smallest absolute Gasteiger partial charge is 0.328 e. The highest BCUT2D eigenvalue weighted by Crippen LogP contribution is 2.27. The SMILES string of the molecule is COC(=O)C(Cc1c[nH]c2ccccc12)NC(=O)C(CC(C)C)N1Cc2ccccc2C1=O. The minimum Gasteiger partial charge on any atom is -0.467 e. The topological polar surface area (TPSA) is 91.5 Å². The summed E-state index contributed by atoms with van der Waals surface area (Å²) in [5.41, 5.74) is 3.40. The number of carbonyl (C=O) groups excluding carboxylic acids is 3. The van der Waals surface area contributed by atoms with Crippen LogP contribution in [0.15, 0.2) is 54.7 Å². The van der Waals surface area contributed by atoms with Crippen LogP contribution in [-0.4, -0.2) is 46.9 Å². The monoisotopic (exact) mass is 447 g/mol. The third-order valence-electron chi connectivity index (χ3n) is 6.12. The maximum absolute atomic E-state index is 13.5. The Morgan fingerprint density at radius 1 is 1.12 bits per heavy atom. The number of aromatic amines is 1. The van der Waals surface area contributed by atoms with Crippen LogP contribution in [0.2, 0.25) is 0 Å². The van der Waals surface area contributed by atoms with Crippen LogP contribution in [0.25, 0.3) is 10.9 Å². The van der Waals surface area contributed by atoms with Gasteiger partial charge in [0.1, 0.15) is 12.1 Å². The van der Waals surface area contributed by atoms with Crippen molar-refractivity contribution >= 4 is 28.7 Å². The number of fused-ring (bicyclic) bond motifs is 2. The average Bonchev–Trinajstić information content (AvgIpc) is 3.37. The summed E-state index contributed by atoms with van der Waals surface area (Å²) in [5, 5.41) is 3.87. The van der Waals surface area contributed by atoms with E-state index in [2.05, 4.69) is 10.3 Å². The molecule has 4 rings (SSSR count). The second-order valence-electron chi connectivity index (χ2n) is 8.88. The number of hydrogen-bond acceptors (Lipinski definition) is 4. The Morgan fingerprint density at radius 2 is 1.85 bits per heavy atom. The Kier molecular flexibility index (Phi) is 6.49. The number of rotatable bonds is 8. The van der Waals surface area contributed by atoms with Gasteiger partial charge in [-0.15, -0.1) is 0 Å². The molecule has 0 bridgehead atoms. The maximum atomic E-state index is 13.5. The van der Waals surface area contributed by atoms with Gasteiger partial charge in [0.05, 0.1) is 7.11 Å². The van der Waals surface area contributed by atoms with Crippen molar-refractivity contribution in [3.8, 4) is 0 Å². The van der Waals surface area contributed by atoms with Crippen molar-refractivity contribution in [2.75, 3.05) is 7.11 Å². The number of amides is 2. The third kappa shape index (κ3) is 4.62. The molecule has 0 spiro atoms. The van der Waals surface area contributed by atoms with Gasteiger partial charge < -0.3 is 19.9 Å². The lowest BCUT2D eigenvalue weighted by Gasteiger charge is -2.29. The van der Waals surface area contributed by atoms with Gasteiger partial charge in [-0.1, -0.05) is 50.2 Å². The first kappa shape index (κ1) is 22.6. The molecule has 1 aliphatic rings. The molecule has 2 amide bonds. The van der Waals surface area contributed by atoms with E-state index >= 15 is 0 Å². The van der Waals surface area contributed by atoms with Crippen LogP contribution in [0.1, 0.15) is 41.8 Å². The van der Waals surface area contributed by atoms with E-state index in [1.807, 2.05) is 62.5 Å². The first-order chi connectivity index (χ1) is 15.9. The third-order valence-corrected chi connectivity index (χ3v) is 6.12. The standard InChI is InChI=1S/C26H29N3O4/c1-16(2)12-23(29-15-17-8-4-5-10-20(17)25(29)31)24(30)28-22(26(32)33-3)13-18-14-27-21-11-7-6-9-19(18)21/h4-11,14,16,22-23,27H,12-13,15H2,1-3H3,(H,28,30). The zero-order valence-corrected chi connectivity index (χ0v) is 19.1. The molecule has 3 aromatic rings. The molecule has 2 atom stereocenters. The van der Waals surface area contributed by atoms with E-state index in [0.717, 1.165) is 22.0 Å². The van der Waals surface area contributed by atoms with Crippen molar-refractivity contribution in [2.24, 2.45) is 5.92 Å². The van der Waals surface area contributed by atoms with Crippen LogP contribution in [-0.2, 0) is 27.3 Å². The van der Waals surface area contributed by atoms with Gasteiger partial charge in [0.25, 0.3) is 5.91 Å². The minimum absolute atomic E-state index is 0.155. The number of hydrogen-bond donors (Lipinski definition) is 2. The van der Waals surface area contributed by atoms with Crippen molar-refractivity contribution < 1.29 is 19.1 Å². The van der Waals surface area contributed by atoms with Crippen molar-refractivity contribution in [3.63, 3.8) is 0 Å². The van der Waals surface area contributed by atoms with E-state index in [1.54, 1.807) is 11.0 Å². The fourth-order valence-electron chi connectivity index (χ4n) is 4.47. The fourth-order valence-corrected chi connectivity index (χ4v) is 4.47. The highest BCUT2D eigenvalue weighted by molar-refractivity contribution is 6.01. The number of nitrogens with one attached hydrogen (secondary N) is 2. The lowest BCUT2D eigenvalue weighted by molar-refractivity contribution is -0.145. The number of H-pyrrole nitrogens is 1. The van der Waals surface area contributed by atoms with Gasteiger partial charge in [-0.25, -0.2) is 4.79 Å². The Labute approximate surface area is 193 Å². The molecule has 1 aliphatic heterocycles. The summed E-state index contributed by atoms with van der Waals surface area (Å²) in [7, 11) is 1.31. The first-order valence-corrected chi connectivity index (χ1v) is 11.2. The summed E-state index contributed by atoms with van der Waals surface area (Å²) in [6.07, 6.45) is 2.62. The molecule has 0 radical (unpaired) electrons. The Balaban J connectivity index is 1.57. The molecule has 2 N–H and O–H groups in total. The zero-order chi connectivity index (χ0) is 23.5. The van der Waals surface area contributed by atoms with Crippen LogP contribution >= 0.6 is 0 Å². The van der Waals surface area contributed by atoms with Crippen molar-refractivity contribution in [2.45, 2.75) is 45.3 Å². The van der Waals surface area contributed by atoms with Crippen molar-refractivity contribution in [1.29, 1.82) is 0 Å². The molecule has 0 fully saturated rings. The summed E-state index contributed by atoms with van der Waals surface area (Å²) >= 11 is 0. The van der Waals surface area contributed by atoms with Crippen LogP contribution in [0, 0.1) is 5.92 Å². The molecule has 7 heteroatoms. The molecule has 33 heavy (non-hydrogen) atoms. The average molecular weight is 448 g/mol. The first-order valence-electron chi connectivity index (χ1n) is 11.2. The largest absolute Gasteiger partial charge is 0.467 e. The molecule has 2 heterocycles. The molecule has 172 valence electrons. The van der Waals surface area contributed by atoms with E-state index in [0.29, 0.717) is 18.5 Å². The summed E-state index contributed by atoms with van der Waals surface area (Å²) in [4.78, 5) is 43.9. The molecule has 1 aromatic heterocycles. The molecular formula is C26H29N3O4. The number of aromatic nitrogens is 1. The van der Waals surface area contributed by atoms with E-state index in [9.17, 15) is 14.4 Å². The van der Waals surface area contributed by atoms with Gasteiger partial charge in [0.2, 0.25) is 5.91 Å². The number of nitrogens with zero attached hydrogens (tertiary/aromatic N) is 1. The lowest BCUT2D eigenvalue weighted by Crippen LogP contribution is -2.53. The number of ether oxygens (including phenoxy) is 1. The predicted molar refractivity (Wildman–Crippen MR) is 126 cm³/mol. The maximum Gasteiger partial charge on any atom is 0.328 e. The summed E-state index contributed by atoms with van der Waals surface area (Å²) in [6, 6.07) is 13.7. The van der Waals surface area contributed by atoms with Crippen LogP contribution in [0.3, 0.4) is 0 Å². The van der Waals surface area contributed by atoms with Crippen LogP contribution in [0.4, 0.5) is 0 Å². The van der Waals surface area contributed by atoms with E-state index in [4.69, 9.17) is 4.74 Å². The molecule has 0 saturated heterocycles.